The lowest BCUT2D eigenvalue weighted by molar-refractivity contribution is 0.00578. The fourth-order valence-corrected chi connectivity index (χ4v) is 2.64. The summed E-state index contributed by atoms with van der Waals surface area (Å²) in [6.07, 6.45) is -0.852. The molecule has 1 aliphatic heterocycles. The molecule has 0 aliphatic carbocycles. The summed E-state index contributed by atoms with van der Waals surface area (Å²) >= 11 is 0. The molecule has 0 aromatic heterocycles. The normalized spacial score (nSPS) is 21.6. The smallest absolute Gasteiger partial charge is 0.399 e. The zero-order chi connectivity index (χ0) is 16.0. The van der Waals surface area contributed by atoms with Crippen molar-refractivity contribution >= 4 is 12.6 Å². The molecule has 0 amide bonds. The third-order valence-electron chi connectivity index (χ3n) is 4.66. The predicted octanol–water partition coefficient (Wildman–Crippen LogP) is 1.63. The van der Waals surface area contributed by atoms with E-state index in [-0.39, 0.29) is 17.8 Å². The molecule has 21 heavy (non-hydrogen) atoms. The van der Waals surface area contributed by atoms with Crippen molar-refractivity contribution in [3.8, 4) is 0 Å². The lowest BCUT2D eigenvalue weighted by Gasteiger charge is -2.32. The van der Waals surface area contributed by atoms with Crippen molar-refractivity contribution in [1.29, 1.82) is 0 Å². The Labute approximate surface area is 127 Å². The van der Waals surface area contributed by atoms with Gasteiger partial charge in [-0.3, -0.25) is 0 Å². The molecule has 1 aromatic carbocycles. The maximum absolute atomic E-state index is 9.79. The van der Waals surface area contributed by atoms with Crippen molar-refractivity contribution in [1.82, 2.24) is 0 Å². The van der Waals surface area contributed by atoms with Gasteiger partial charge in [-0.05, 0) is 52.6 Å². The van der Waals surface area contributed by atoms with Crippen molar-refractivity contribution in [2.75, 3.05) is 6.61 Å². The second-order valence-corrected chi connectivity index (χ2v) is 6.85. The highest BCUT2D eigenvalue weighted by molar-refractivity contribution is 6.63. The Morgan fingerprint density at radius 1 is 1.05 bits per heavy atom. The summed E-state index contributed by atoms with van der Waals surface area (Å²) in [7, 11) is -0.407. The standard InChI is InChI=1S/C16H25BO4/c1-10-7-12(13(19)9-18)8-11(2)14(10)17-20-15(3,4)16(5,6)21-17/h7-8,13,18-19H,9H2,1-6H3. The van der Waals surface area contributed by atoms with E-state index < -0.39 is 13.2 Å². The molecule has 4 nitrogen and oxygen atoms in total. The molecule has 0 spiro atoms. The molecule has 1 unspecified atom stereocenters. The van der Waals surface area contributed by atoms with Crippen molar-refractivity contribution in [2.24, 2.45) is 0 Å². The first-order valence-corrected chi connectivity index (χ1v) is 7.34. The zero-order valence-electron chi connectivity index (χ0n) is 13.7. The average molecular weight is 292 g/mol. The highest BCUT2D eigenvalue weighted by Gasteiger charge is 2.52. The van der Waals surface area contributed by atoms with E-state index in [0.717, 1.165) is 16.6 Å². The second-order valence-electron chi connectivity index (χ2n) is 6.85. The molecule has 0 radical (unpaired) electrons. The summed E-state index contributed by atoms with van der Waals surface area (Å²) in [5.74, 6) is 0. The molecular formula is C16H25BO4. The van der Waals surface area contributed by atoms with Gasteiger partial charge in [-0.2, -0.15) is 0 Å². The summed E-state index contributed by atoms with van der Waals surface area (Å²) < 4.78 is 12.2. The molecule has 1 atom stereocenters. The largest absolute Gasteiger partial charge is 0.495 e. The van der Waals surface area contributed by atoms with E-state index in [4.69, 9.17) is 14.4 Å². The molecule has 1 saturated heterocycles. The van der Waals surface area contributed by atoms with Crippen LogP contribution >= 0.6 is 0 Å². The van der Waals surface area contributed by atoms with Crippen molar-refractivity contribution in [2.45, 2.75) is 58.8 Å². The van der Waals surface area contributed by atoms with Crippen LogP contribution in [0.5, 0.6) is 0 Å². The molecule has 1 heterocycles. The van der Waals surface area contributed by atoms with Gasteiger partial charge >= 0.3 is 7.12 Å². The van der Waals surface area contributed by atoms with Gasteiger partial charge in [-0.1, -0.05) is 23.3 Å². The second kappa shape index (κ2) is 5.40. The molecule has 0 saturated carbocycles. The van der Waals surface area contributed by atoms with Crippen LogP contribution in [0.2, 0.25) is 0 Å². The van der Waals surface area contributed by atoms with Crippen LogP contribution in [-0.2, 0) is 9.31 Å². The minimum absolute atomic E-state index is 0.283. The van der Waals surface area contributed by atoms with E-state index in [1.54, 1.807) is 0 Å². The molecule has 5 heteroatoms. The van der Waals surface area contributed by atoms with E-state index >= 15 is 0 Å². The number of aryl methyl sites for hydroxylation is 2. The van der Waals surface area contributed by atoms with E-state index in [9.17, 15) is 5.11 Å². The Hall–Kier alpha value is -0.875. The number of rotatable bonds is 3. The molecule has 0 bridgehead atoms. The third kappa shape index (κ3) is 2.88. The molecule has 116 valence electrons. The topological polar surface area (TPSA) is 58.9 Å². The van der Waals surface area contributed by atoms with Crippen molar-refractivity contribution in [3.05, 3.63) is 28.8 Å². The van der Waals surface area contributed by atoms with Gasteiger partial charge in [0.05, 0.1) is 17.8 Å². The van der Waals surface area contributed by atoms with Gasteiger partial charge in [-0.15, -0.1) is 0 Å². The Morgan fingerprint density at radius 2 is 1.48 bits per heavy atom. The van der Waals surface area contributed by atoms with E-state index in [1.807, 2.05) is 53.7 Å². The number of hydrogen-bond acceptors (Lipinski definition) is 4. The van der Waals surface area contributed by atoms with Crippen LogP contribution in [0.25, 0.3) is 0 Å². The van der Waals surface area contributed by atoms with Crippen LogP contribution in [0, 0.1) is 13.8 Å². The molecule has 2 N–H and O–H groups in total. The molecule has 2 rings (SSSR count). The SMILES string of the molecule is Cc1cc(C(O)CO)cc(C)c1B1OC(C)(C)C(C)(C)O1. The van der Waals surface area contributed by atoms with Crippen LogP contribution in [0.15, 0.2) is 12.1 Å². The minimum Gasteiger partial charge on any atom is -0.399 e. The summed E-state index contributed by atoms with van der Waals surface area (Å²) in [5.41, 5.74) is 2.96. The summed E-state index contributed by atoms with van der Waals surface area (Å²) in [5, 5.41) is 18.9. The molecule has 1 fully saturated rings. The van der Waals surface area contributed by atoms with Crippen LogP contribution in [-0.4, -0.2) is 35.1 Å². The maximum Gasteiger partial charge on any atom is 0.495 e. The Bertz CT molecular complexity index is 500. The zero-order valence-corrected chi connectivity index (χ0v) is 13.7. The predicted molar refractivity (Wildman–Crippen MR) is 83.7 cm³/mol. The lowest BCUT2D eigenvalue weighted by atomic mass is 9.72. The highest BCUT2D eigenvalue weighted by Crippen LogP contribution is 2.37. The first-order chi connectivity index (χ1) is 9.59. The molecule has 1 aromatic rings. The van der Waals surface area contributed by atoms with Crippen LogP contribution < -0.4 is 5.46 Å². The number of benzene rings is 1. The Balaban J connectivity index is 2.39. The van der Waals surface area contributed by atoms with Crippen molar-refractivity contribution in [3.63, 3.8) is 0 Å². The van der Waals surface area contributed by atoms with E-state index in [0.29, 0.717) is 5.56 Å². The maximum atomic E-state index is 9.79. The van der Waals surface area contributed by atoms with Crippen LogP contribution in [0.3, 0.4) is 0 Å². The van der Waals surface area contributed by atoms with Gasteiger partial charge < -0.3 is 19.5 Å². The summed E-state index contributed by atoms with van der Waals surface area (Å²) in [4.78, 5) is 0. The van der Waals surface area contributed by atoms with Crippen LogP contribution in [0.1, 0.15) is 50.5 Å². The van der Waals surface area contributed by atoms with Gasteiger partial charge in [0.2, 0.25) is 0 Å². The molecule has 1 aliphatic rings. The Morgan fingerprint density at radius 3 is 1.86 bits per heavy atom. The average Bonchev–Trinajstić information content (AvgIpc) is 2.56. The fourth-order valence-electron chi connectivity index (χ4n) is 2.64. The third-order valence-corrected chi connectivity index (χ3v) is 4.66. The van der Waals surface area contributed by atoms with Gasteiger partial charge in [0.25, 0.3) is 0 Å². The first-order valence-electron chi connectivity index (χ1n) is 7.34. The number of aliphatic hydroxyl groups excluding tert-OH is 2. The monoisotopic (exact) mass is 292 g/mol. The van der Waals surface area contributed by atoms with E-state index in [2.05, 4.69) is 0 Å². The van der Waals surface area contributed by atoms with Gasteiger partial charge in [-0.25, -0.2) is 0 Å². The van der Waals surface area contributed by atoms with Crippen molar-refractivity contribution < 1.29 is 19.5 Å². The Kier molecular flexibility index (Phi) is 4.24. The minimum atomic E-state index is -0.852. The summed E-state index contributed by atoms with van der Waals surface area (Å²) in [6, 6.07) is 3.77. The highest BCUT2D eigenvalue weighted by atomic mass is 16.7. The molecular weight excluding hydrogens is 267 g/mol. The number of hydrogen-bond donors (Lipinski definition) is 2. The van der Waals surface area contributed by atoms with Gasteiger partial charge in [0.1, 0.15) is 6.10 Å². The summed E-state index contributed by atoms with van der Waals surface area (Å²) in [6.45, 7) is 11.8. The quantitative estimate of drug-likeness (QED) is 0.831. The van der Waals surface area contributed by atoms with E-state index in [1.165, 1.54) is 0 Å². The van der Waals surface area contributed by atoms with Gasteiger partial charge in [0, 0.05) is 0 Å². The van der Waals surface area contributed by atoms with Gasteiger partial charge in [0.15, 0.2) is 0 Å². The fraction of sp³-hybridized carbons (Fsp3) is 0.625. The first kappa shape index (κ1) is 16.5. The number of aliphatic hydroxyl groups is 2. The lowest BCUT2D eigenvalue weighted by Crippen LogP contribution is -2.41. The van der Waals surface area contributed by atoms with Crippen LogP contribution in [0.4, 0.5) is 0 Å².